The van der Waals surface area contributed by atoms with E-state index in [9.17, 15) is 9.18 Å². The first kappa shape index (κ1) is 14.9. The zero-order chi connectivity index (χ0) is 14.7. The Morgan fingerprint density at radius 3 is 2.90 bits per heavy atom. The molecule has 0 radical (unpaired) electrons. The molecule has 1 heterocycles. The van der Waals surface area contributed by atoms with Gasteiger partial charge in [0.2, 0.25) is 5.91 Å². The van der Waals surface area contributed by atoms with Gasteiger partial charge in [-0.3, -0.25) is 9.69 Å². The second kappa shape index (κ2) is 6.28. The fourth-order valence-corrected chi connectivity index (χ4v) is 2.40. The maximum atomic E-state index is 13.9. The second-order valence-electron chi connectivity index (χ2n) is 5.05. The van der Waals surface area contributed by atoms with Gasteiger partial charge in [0.05, 0.1) is 6.54 Å². The van der Waals surface area contributed by atoms with Crippen LogP contribution in [-0.2, 0) is 11.3 Å². The standard InChI is InChI=1S/C14H18FN3OS/c1-17-5-2-6-18(9-13(17)19)8-11-7-10(14(16)20)3-4-12(11)15/h3-4,7H,2,5-6,8-9H2,1H3,(H2,16,20). The summed E-state index contributed by atoms with van der Waals surface area (Å²) in [7, 11) is 1.79. The highest BCUT2D eigenvalue weighted by Crippen LogP contribution is 2.15. The molecule has 1 aromatic rings. The Balaban J connectivity index is 2.14. The predicted octanol–water partition coefficient (Wildman–Crippen LogP) is 1.12. The number of thiocarbonyl (C=S) groups is 1. The van der Waals surface area contributed by atoms with Gasteiger partial charge in [-0.1, -0.05) is 12.2 Å². The summed E-state index contributed by atoms with van der Waals surface area (Å²) in [6.07, 6.45) is 0.888. The zero-order valence-electron chi connectivity index (χ0n) is 11.4. The molecule has 0 spiro atoms. The quantitative estimate of drug-likeness (QED) is 0.849. The Kier molecular flexibility index (Phi) is 4.67. The average molecular weight is 295 g/mol. The molecule has 20 heavy (non-hydrogen) atoms. The van der Waals surface area contributed by atoms with Gasteiger partial charge in [-0.2, -0.15) is 0 Å². The third-order valence-electron chi connectivity index (χ3n) is 3.48. The predicted molar refractivity (Wildman–Crippen MR) is 79.8 cm³/mol. The van der Waals surface area contributed by atoms with Gasteiger partial charge in [0.25, 0.3) is 0 Å². The van der Waals surface area contributed by atoms with E-state index >= 15 is 0 Å². The number of nitrogens with zero attached hydrogens (tertiary/aromatic N) is 2. The van der Waals surface area contributed by atoms with E-state index in [-0.39, 0.29) is 16.7 Å². The average Bonchev–Trinajstić information content (AvgIpc) is 2.54. The van der Waals surface area contributed by atoms with Crippen LogP contribution in [0.5, 0.6) is 0 Å². The third-order valence-corrected chi connectivity index (χ3v) is 3.71. The minimum Gasteiger partial charge on any atom is -0.389 e. The molecule has 1 aliphatic rings. The molecule has 0 bridgehead atoms. The minimum atomic E-state index is -0.296. The molecule has 108 valence electrons. The Bertz CT molecular complexity index is 535. The van der Waals surface area contributed by atoms with Crippen molar-refractivity contribution >= 4 is 23.1 Å². The van der Waals surface area contributed by atoms with Crippen molar-refractivity contribution in [1.29, 1.82) is 0 Å². The smallest absolute Gasteiger partial charge is 0.236 e. The summed E-state index contributed by atoms with van der Waals surface area (Å²) in [5, 5.41) is 0. The summed E-state index contributed by atoms with van der Waals surface area (Å²) in [5.74, 6) is -0.233. The van der Waals surface area contributed by atoms with E-state index in [2.05, 4.69) is 0 Å². The van der Waals surface area contributed by atoms with Crippen molar-refractivity contribution < 1.29 is 9.18 Å². The highest BCUT2D eigenvalue weighted by Gasteiger charge is 2.20. The van der Waals surface area contributed by atoms with Crippen molar-refractivity contribution in [2.24, 2.45) is 5.73 Å². The number of benzene rings is 1. The molecule has 1 aromatic carbocycles. The van der Waals surface area contributed by atoms with Crippen LogP contribution < -0.4 is 5.73 Å². The molecule has 0 unspecified atom stereocenters. The van der Waals surface area contributed by atoms with E-state index in [1.165, 1.54) is 6.07 Å². The van der Waals surface area contributed by atoms with Gasteiger partial charge in [0.15, 0.2) is 0 Å². The second-order valence-corrected chi connectivity index (χ2v) is 5.49. The van der Waals surface area contributed by atoms with Crippen LogP contribution >= 0.6 is 12.2 Å². The zero-order valence-corrected chi connectivity index (χ0v) is 12.3. The van der Waals surface area contributed by atoms with Gasteiger partial charge >= 0.3 is 0 Å². The van der Waals surface area contributed by atoms with E-state index in [0.29, 0.717) is 24.2 Å². The number of hydrogen-bond acceptors (Lipinski definition) is 3. The number of nitrogens with two attached hydrogens (primary N) is 1. The topological polar surface area (TPSA) is 49.6 Å². The molecule has 1 amide bonds. The Morgan fingerprint density at radius 2 is 2.20 bits per heavy atom. The Hall–Kier alpha value is -1.53. The molecule has 1 aliphatic heterocycles. The van der Waals surface area contributed by atoms with Gasteiger partial charge in [0, 0.05) is 37.8 Å². The molecule has 0 saturated carbocycles. The summed E-state index contributed by atoms with van der Waals surface area (Å²) >= 11 is 4.91. The van der Waals surface area contributed by atoms with Gasteiger partial charge in [-0.05, 0) is 24.6 Å². The lowest BCUT2D eigenvalue weighted by Crippen LogP contribution is -2.34. The van der Waals surface area contributed by atoms with Crippen molar-refractivity contribution in [3.05, 3.63) is 35.1 Å². The molecule has 2 N–H and O–H groups in total. The van der Waals surface area contributed by atoms with Crippen LogP contribution in [0, 0.1) is 5.82 Å². The van der Waals surface area contributed by atoms with Gasteiger partial charge in [-0.25, -0.2) is 4.39 Å². The number of likely N-dealkylation sites (N-methyl/N-ethyl adjacent to an activating group) is 1. The first-order chi connectivity index (χ1) is 9.47. The van der Waals surface area contributed by atoms with Crippen LogP contribution in [0.25, 0.3) is 0 Å². The highest BCUT2D eigenvalue weighted by atomic mass is 32.1. The van der Waals surface area contributed by atoms with Crippen molar-refractivity contribution in [1.82, 2.24) is 9.80 Å². The fraction of sp³-hybridized carbons (Fsp3) is 0.429. The number of rotatable bonds is 3. The summed E-state index contributed by atoms with van der Waals surface area (Å²) in [5.41, 5.74) is 6.73. The molecular weight excluding hydrogens is 277 g/mol. The SMILES string of the molecule is CN1CCCN(Cc2cc(C(N)=S)ccc2F)CC1=O. The van der Waals surface area contributed by atoms with E-state index in [4.69, 9.17) is 18.0 Å². The molecule has 4 nitrogen and oxygen atoms in total. The maximum absolute atomic E-state index is 13.9. The van der Waals surface area contributed by atoms with Gasteiger partial charge in [-0.15, -0.1) is 0 Å². The number of carbonyl (C=O) groups is 1. The number of carbonyl (C=O) groups excluding carboxylic acids is 1. The van der Waals surface area contributed by atoms with E-state index in [0.717, 1.165) is 19.5 Å². The summed E-state index contributed by atoms with van der Waals surface area (Å²) < 4.78 is 13.9. The Morgan fingerprint density at radius 1 is 1.45 bits per heavy atom. The number of amides is 1. The summed E-state index contributed by atoms with van der Waals surface area (Å²) in [6.45, 7) is 2.21. The Labute approximate surface area is 123 Å². The number of halogens is 1. The lowest BCUT2D eigenvalue weighted by molar-refractivity contribution is -0.130. The van der Waals surface area contributed by atoms with Crippen molar-refractivity contribution in [2.45, 2.75) is 13.0 Å². The van der Waals surface area contributed by atoms with E-state index < -0.39 is 0 Å². The van der Waals surface area contributed by atoms with Crippen LogP contribution in [0.2, 0.25) is 0 Å². The van der Waals surface area contributed by atoms with Crippen molar-refractivity contribution in [2.75, 3.05) is 26.7 Å². The van der Waals surface area contributed by atoms with Crippen LogP contribution in [0.1, 0.15) is 17.5 Å². The molecule has 0 aromatic heterocycles. The summed E-state index contributed by atoms with van der Waals surface area (Å²) in [4.78, 5) is 15.7. The van der Waals surface area contributed by atoms with Crippen molar-refractivity contribution in [3.8, 4) is 0 Å². The molecule has 0 aliphatic carbocycles. The molecular formula is C14H18FN3OS. The van der Waals surface area contributed by atoms with Crippen LogP contribution in [0.4, 0.5) is 4.39 Å². The van der Waals surface area contributed by atoms with E-state index in [1.807, 2.05) is 4.90 Å². The molecule has 0 atom stereocenters. The third kappa shape index (κ3) is 3.52. The van der Waals surface area contributed by atoms with Gasteiger partial charge in [0.1, 0.15) is 10.8 Å². The monoisotopic (exact) mass is 295 g/mol. The van der Waals surface area contributed by atoms with E-state index in [1.54, 1.807) is 24.1 Å². The first-order valence-corrected chi connectivity index (χ1v) is 6.93. The molecule has 6 heteroatoms. The number of hydrogen-bond donors (Lipinski definition) is 1. The van der Waals surface area contributed by atoms with Crippen molar-refractivity contribution in [3.63, 3.8) is 0 Å². The highest BCUT2D eigenvalue weighted by molar-refractivity contribution is 7.80. The van der Waals surface area contributed by atoms with Crippen LogP contribution in [-0.4, -0.2) is 47.4 Å². The molecule has 1 fully saturated rings. The van der Waals surface area contributed by atoms with Crippen LogP contribution in [0.3, 0.4) is 0 Å². The van der Waals surface area contributed by atoms with Gasteiger partial charge < -0.3 is 10.6 Å². The fourth-order valence-electron chi connectivity index (χ4n) is 2.27. The molecule has 2 rings (SSSR count). The normalized spacial score (nSPS) is 17.1. The maximum Gasteiger partial charge on any atom is 0.236 e. The van der Waals surface area contributed by atoms with Crippen LogP contribution in [0.15, 0.2) is 18.2 Å². The molecule has 1 saturated heterocycles. The summed E-state index contributed by atoms with van der Waals surface area (Å²) in [6, 6.07) is 4.61. The largest absolute Gasteiger partial charge is 0.389 e. The lowest BCUT2D eigenvalue weighted by atomic mass is 10.1. The first-order valence-electron chi connectivity index (χ1n) is 6.52. The minimum absolute atomic E-state index is 0.0633. The lowest BCUT2D eigenvalue weighted by Gasteiger charge is -2.20.